The minimum absolute atomic E-state index is 0. The fourth-order valence-corrected chi connectivity index (χ4v) is 17.6. The van der Waals surface area contributed by atoms with E-state index in [1.807, 2.05) is 48.8 Å². The van der Waals surface area contributed by atoms with Gasteiger partial charge in [0.05, 0.1) is 0 Å². The third-order valence-electron chi connectivity index (χ3n) is 24.1. The Morgan fingerprint density at radius 3 is 0.937 bits per heavy atom. The van der Waals surface area contributed by atoms with Gasteiger partial charge in [0.25, 0.3) is 0 Å². The monoisotopic (exact) mass is 1980 g/mol. The SMILES string of the molecule is CC(C)c1[c-]c(-c2ccccn2)cc(C(C)C)c1.CC(C)c1cc[c-]c(-c2nccc3ccc(C(C)C)cc23)c1.[Ir].[Ir].[c-]1cc2c3ccccc3c3ccccc3c2cc1-c1nnc(-c2ccc3c4ccccc4c4ccccc4c3c2)nn1.[c-]1cc2c3ccccc3c3ccccc3c2cc1-c1nnc(-c2ccc3c4ccccc4c4ccccc4c3c2)nn1. The Bertz CT molecular complexity index is 7200. The van der Waals surface area contributed by atoms with Crippen LogP contribution in [0, 0.1) is 24.3 Å². The van der Waals surface area contributed by atoms with Crippen LogP contribution in [0.25, 0.3) is 208 Å². The number of pyridine rings is 2. The molecule has 0 unspecified atom stereocenters. The normalized spacial score (nSPS) is 11.5. The van der Waals surface area contributed by atoms with Crippen molar-refractivity contribution in [2.24, 2.45) is 0 Å². The van der Waals surface area contributed by atoms with Gasteiger partial charge < -0.3 is 9.97 Å². The van der Waals surface area contributed by atoms with E-state index < -0.39 is 0 Å². The van der Waals surface area contributed by atoms with Crippen LogP contribution in [-0.4, -0.2) is 50.8 Å². The van der Waals surface area contributed by atoms with E-state index in [4.69, 9.17) is 0 Å². The van der Waals surface area contributed by atoms with Crippen molar-refractivity contribution >= 4 is 140 Å². The van der Waals surface area contributed by atoms with Crippen LogP contribution in [0.3, 0.4) is 0 Å². The van der Waals surface area contributed by atoms with Gasteiger partial charge >= 0.3 is 0 Å². The van der Waals surface area contributed by atoms with Gasteiger partial charge in [0.2, 0.25) is 11.6 Å². The maximum absolute atomic E-state index is 4.65. The van der Waals surface area contributed by atoms with E-state index in [1.54, 1.807) is 0 Å². The minimum Gasteiger partial charge on any atom is -0.305 e. The molecule has 4 aromatic heterocycles. The van der Waals surface area contributed by atoms with Gasteiger partial charge in [0.1, 0.15) is 11.6 Å². The minimum atomic E-state index is 0. The van der Waals surface area contributed by atoms with Gasteiger partial charge in [-0.05, 0) is 173 Å². The summed E-state index contributed by atoms with van der Waals surface area (Å²) in [5.41, 5.74) is 12.8. The Labute approximate surface area is 758 Å². The van der Waals surface area contributed by atoms with E-state index in [1.165, 1.54) is 130 Å². The Morgan fingerprint density at radius 2 is 0.563 bits per heavy atom. The summed E-state index contributed by atoms with van der Waals surface area (Å²) in [6.45, 7) is 17.7. The largest absolute Gasteiger partial charge is 0.305 e. The molecule has 10 nitrogen and oxygen atoms in total. The molecule has 0 bridgehead atoms. The number of nitrogens with zero attached hydrogens (tertiary/aromatic N) is 10. The fourth-order valence-electron chi connectivity index (χ4n) is 17.6. The molecule has 23 rings (SSSR count). The standard InChI is InChI=1S/2C38H21N4.C21H22N.C17H20N.2Ir/c2*1-3-13-29-25(9-1)27-11-5-7-15-31(27)35-21-23(17-19-33(29)35)37-39-41-38(42-40-37)24-18-20-34-30-14-4-2-10-26(30)28-12-6-8-16-32(28)36(34)22-24;1-14(2)17-6-5-7-19(12-17)21-20-13-18(15(3)4)9-8-16(20)10-11-22-21;1-12(2)14-9-15(13(3)4)11-16(10-14)17-7-5-6-8-18-17;;/h2*1-17,19-22H;5-6,8-15H,1-4H3;5-10,12-13H,1-4H3;;/q4*-1;;. The number of aromatic nitrogens is 10. The second-order valence-corrected chi connectivity index (χ2v) is 33.1. The zero-order valence-corrected chi connectivity index (χ0v) is 75.6. The molecule has 0 aliphatic rings. The zero-order valence-electron chi connectivity index (χ0n) is 70.8. The molecule has 23 aromatic rings. The van der Waals surface area contributed by atoms with Crippen molar-refractivity contribution in [3.8, 4) is 68.1 Å². The first kappa shape index (κ1) is 83.0. The summed E-state index contributed by atoms with van der Waals surface area (Å²) >= 11 is 0. The van der Waals surface area contributed by atoms with E-state index in [0.717, 1.165) is 77.1 Å². The van der Waals surface area contributed by atoms with E-state index in [-0.39, 0.29) is 40.2 Å². The molecule has 19 aromatic carbocycles. The second kappa shape index (κ2) is 35.7. The first-order valence-corrected chi connectivity index (χ1v) is 42.5. The van der Waals surface area contributed by atoms with Crippen molar-refractivity contribution in [2.45, 2.75) is 79.1 Å². The van der Waals surface area contributed by atoms with Crippen molar-refractivity contribution in [3.63, 3.8) is 0 Å². The Morgan fingerprint density at radius 1 is 0.222 bits per heavy atom. The molecule has 126 heavy (non-hydrogen) atoms. The predicted octanol–water partition coefficient (Wildman–Crippen LogP) is 29.4. The molecular weight excluding hydrogens is 1890 g/mol. The van der Waals surface area contributed by atoms with Crippen LogP contribution in [0.2, 0.25) is 0 Å². The molecule has 0 amide bonds. The summed E-state index contributed by atoms with van der Waals surface area (Å²) in [5.74, 6) is 3.94. The maximum Gasteiger partial charge on any atom is 0.201 e. The molecule has 0 saturated carbocycles. The summed E-state index contributed by atoms with van der Waals surface area (Å²) in [5, 5.41) is 67.5. The number of hydrogen-bond donors (Lipinski definition) is 0. The van der Waals surface area contributed by atoms with Gasteiger partial charge in [-0.1, -0.05) is 336 Å². The summed E-state index contributed by atoms with van der Waals surface area (Å²) in [7, 11) is 0. The van der Waals surface area contributed by atoms with Crippen LogP contribution in [0.15, 0.2) is 340 Å². The molecule has 2 radical (unpaired) electrons. The van der Waals surface area contributed by atoms with E-state index in [2.05, 4.69) is 422 Å². The molecule has 0 spiro atoms. The molecule has 0 aliphatic carbocycles. The molecule has 0 atom stereocenters. The quantitative estimate of drug-likeness (QED) is 0.0964. The number of fused-ring (bicyclic) bond motifs is 25. The smallest absolute Gasteiger partial charge is 0.201 e. The molecular formula is C114H84Ir2N10-4. The third-order valence-corrected chi connectivity index (χ3v) is 24.1. The van der Waals surface area contributed by atoms with Gasteiger partial charge in [-0.3, -0.25) is 0 Å². The first-order chi connectivity index (χ1) is 60.8. The Balaban J connectivity index is 0.000000120. The summed E-state index contributed by atoms with van der Waals surface area (Å²) in [4.78, 5) is 9.07. The van der Waals surface area contributed by atoms with Gasteiger partial charge in [-0.2, -0.15) is 20.4 Å². The van der Waals surface area contributed by atoms with Crippen LogP contribution in [0.5, 0.6) is 0 Å². The van der Waals surface area contributed by atoms with Crippen LogP contribution in [0.4, 0.5) is 0 Å². The van der Waals surface area contributed by atoms with Crippen molar-refractivity contribution in [1.29, 1.82) is 0 Å². The topological polar surface area (TPSA) is 129 Å². The van der Waals surface area contributed by atoms with E-state index in [9.17, 15) is 0 Å². The molecule has 0 aliphatic heterocycles. The van der Waals surface area contributed by atoms with E-state index in [0.29, 0.717) is 47.0 Å². The number of hydrogen-bond acceptors (Lipinski definition) is 10. The van der Waals surface area contributed by atoms with Crippen molar-refractivity contribution in [1.82, 2.24) is 50.8 Å². The molecule has 0 saturated heterocycles. The third kappa shape index (κ3) is 15.9. The predicted molar refractivity (Wildman–Crippen MR) is 516 cm³/mol. The zero-order chi connectivity index (χ0) is 84.1. The average Bonchev–Trinajstić information content (AvgIpc) is 0.754. The van der Waals surface area contributed by atoms with Crippen LogP contribution in [0.1, 0.15) is 101 Å². The molecule has 4 heterocycles. The summed E-state index contributed by atoms with van der Waals surface area (Å²) < 4.78 is 0. The van der Waals surface area contributed by atoms with E-state index >= 15 is 0 Å². The van der Waals surface area contributed by atoms with Crippen LogP contribution >= 0.6 is 0 Å². The first-order valence-electron chi connectivity index (χ1n) is 42.5. The molecule has 612 valence electrons. The molecule has 0 fully saturated rings. The van der Waals surface area contributed by atoms with Gasteiger partial charge in [0.15, 0.2) is 0 Å². The molecule has 0 N–H and O–H groups in total. The van der Waals surface area contributed by atoms with Crippen molar-refractivity contribution < 1.29 is 40.2 Å². The van der Waals surface area contributed by atoms with Crippen molar-refractivity contribution in [2.75, 3.05) is 0 Å². The number of rotatable bonds is 10. The Kier molecular flexibility index (Phi) is 23.5. The summed E-state index contributed by atoms with van der Waals surface area (Å²) in [6, 6.07) is 129. The van der Waals surface area contributed by atoms with Crippen molar-refractivity contribution in [3.05, 3.63) is 386 Å². The fraction of sp³-hybridized carbons (Fsp3) is 0.105. The van der Waals surface area contributed by atoms with Crippen LogP contribution in [-0.2, 0) is 40.2 Å². The summed E-state index contributed by atoms with van der Waals surface area (Å²) in [6.07, 6.45) is 3.73. The van der Waals surface area contributed by atoms with Crippen LogP contribution < -0.4 is 0 Å². The number of benzene rings is 19. The maximum atomic E-state index is 4.65. The average molecular weight is 1980 g/mol. The molecule has 12 heteroatoms. The van der Waals surface area contributed by atoms with Gasteiger partial charge in [-0.15, -0.1) is 138 Å². The Hall–Kier alpha value is -14.0. The second-order valence-electron chi connectivity index (χ2n) is 33.1. The van der Waals surface area contributed by atoms with Gasteiger partial charge in [0, 0.05) is 63.7 Å². The van der Waals surface area contributed by atoms with Gasteiger partial charge in [-0.25, -0.2) is 0 Å².